The van der Waals surface area contributed by atoms with Crippen molar-refractivity contribution >= 4 is 33.4 Å². The first kappa shape index (κ1) is 15.8. The average molecular weight is 360 g/mol. The SMILES string of the molecule is CCN(CC1CCNCC1)C(=O)c1ccc(Br)cc1Cl. The van der Waals surface area contributed by atoms with Gasteiger partial charge in [0.25, 0.3) is 5.91 Å². The van der Waals surface area contributed by atoms with E-state index < -0.39 is 0 Å². The third kappa shape index (κ3) is 3.96. The summed E-state index contributed by atoms with van der Waals surface area (Å²) in [5.74, 6) is 0.623. The van der Waals surface area contributed by atoms with Crippen molar-refractivity contribution < 1.29 is 4.79 Å². The first-order chi connectivity index (χ1) is 9.61. The maximum atomic E-state index is 12.6. The highest BCUT2D eigenvalue weighted by molar-refractivity contribution is 9.10. The predicted molar refractivity (Wildman–Crippen MR) is 86.3 cm³/mol. The molecule has 0 aliphatic carbocycles. The van der Waals surface area contributed by atoms with Gasteiger partial charge in [0.2, 0.25) is 0 Å². The standard InChI is InChI=1S/C15H20BrClN2O/c1-2-19(10-11-5-7-18-8-6-11)15(20)13-4-3-12(16)9-14(13)17/h3-4,9,11,18H,2,5-8,10H2,1H3. The summed E-state index contributed by atoms with van der Waals surface area (Å²) in [5.41, 5.74) is 0.589. The Bertz CT molecular complexity index is 475. The van der Waals surface area contributed by atoms with Gasteiger partial charge in [-0.25, -0.2) is 0 Å². The van der Waals surface area contributed by atoms with E-state index in [1.165, 1.54) is 0 Å². The summed E-state index contributed by atoms with van der Waals surface area (Å²) in [5, 5.41) is 3.86. The minimum absolute atomic E-state index is 0.0310. The monoisotopic (exact) mass is 358 g/mol. The third-order valence-corrected chi connectivity index (χ3v) is 4.57. The highest BCUT2D eigenvalue weighted by Crippen LogP contribution is 2.23. The Labute approximate surface area is 133 Å². The molecule has 2 rings (SSSR count). The van der Waals surface area contributed by atoms with Gasteiger partial charge in [-0.3, -0.25) is 4.79 Å². The van der Waals surface area contributed by atoms with Crippen LogP contribution in [-0.4, -0.2) is 37.0 Å². The molecule has 0 saturated carbocycles. The second-order valence-corrected chi connectivity index (χ2v) is 6.48. The van der Waals surface area contributed by atoms with Crippen LogP contribution in [0.5, 0.6) is 0 Å². The van der Waals surface area contributed by atoms with E-state index in [0.717, 1.165) is 43.5 Å². The zero-order valence-corrected chi connectivity index (χ0v) is 14.0. The lowest BCUT2D eigenvalue weighted by Crippen LogP contribution is -2.39. The molecule has 0 unspecified atom stereocenters. The first-order valence-corrected chi connectivity index (χ1v) is 8.24. The Morgan fingerprint density at radius 3 is 2.75 bits per heavy atom. The van der Waals surface area contributed by atoms with Gasteiger partial charge in [-0.1, -0.05) is 27.5 Å². The molecule has 0 spiro atoms. The van der Waals surface area contributed by atoms with E-state index in [9.17, 15) is 4.79 Å². The molecule has 1 heterocycles. The van der Waals surface area contributed by atoms with E-state index >= 15 is 0 Å². The molecule has 1 aromatic rings. The molecular weight excluding hydrogens is 340 g/mol. The van der Waals surface area contributed by atoms with E-state index in [1.54, 1.807) is 12.1 Å². The molecule has 0 bridgehead atoms. The molecule has 1 aliphatic heterocycles. The second-order valence-electron chi connectivity index (χ2n) is 5.16. The molecule has 0 atom stereocenters. The van der Waals surface area contributed by atoms with Crippen LogP contribution in [0.3, 0.4) is 0 Å². The van der Waals surface area contributed by atoms with Crippen LogP contribution < -0.4 is 5.32 Å². The van der Waals surface area contributed by atoms with Crippen LogP contribution in [0.2, 0.25) is 5.02 Å². The molecule has 20 heavy (non-hydrogen) atoms. The fourth-order valence-electron chi connectivity index (χ4n) is 2.56. The number of nitrogens with zero attached hydrogens (tertiary/aromatic N) is 1. The highest BCUT2D eigenvalue weighted by Gasteiger charge is 2.22. The van der Waals surface area contributed by atoms with Gasteiger partial charge in [-0.2, -0.15) is 0 Å². The van der Waals surface area contributed by atoms with Crippen molar-refractivity contribution in [3.8, 4) is 0 Å². The van der Waals surface area contributed by atoms with Crippen LogP contribution in [0.4, 0.5) is 0 Å². The molecule has 1 aliphatic rings. The molecule has 1 amide bonds. The zero-order valence-electron chi connectivity index (χ0n) is 11.7. The summed E-state index contributed by atoms with van der Waals surface area (Å²) in [6.07, 6.45) is 2.27. The number of piperidine rings is 1. The Hall–Kier alpha value is -0.580. The number of carbonyl (C=O) groups is 1. The third-order valence-electron chi connectivity index (χ3n) is 3.77. The maximum absolute atomic E-state index is 12.6. The van der Waals surface area contributed by atoms with Crippen LogP contribution >= 0.6 is 27.5 Å². The summed E-state index contributed by atoms with van der Waals surface area (Å²) in [4.78, 5) is 14.5. The van der Waals surface area contributed by atoms with Gasteiger partial charge in [0.15, 0.2) is 0 Å². The lowest BCUT2D eigenvalue weighted by Gasteiger charge is -2.29. The Balaban J connectivity index is 2.07. The Morgan fingerprint density at radius 2 is 2.15 bits per heavy atom. The van der Waals surface area contributed by atoms with Gasteiger partial charge >= 0.3 is 0 Å². The van der Waals surface area contributed by atoms with Gasteiger partial charge in [0, 0.05) is 17.6 Å². The summed E-state index contributed by atoms with van der Waals surface area (Å²) in [6.45, 7) is 5.66. The van der Waals surface area contributed by atoms with Crippen molar-refractivity contribution in [2.75, 3.05) is 26.2 Å². The van der Waals surface area contributed by atoms with Crippen molar-refractivity contribution in [3.05, 3.63) is 33.3 Å². The molecule has 1 N–H and O–H groups in total. The molecule has 0 aromatic heterocycles. The second kappa shape index (κ2) is 7.43. The molecule has 110 valence electrons. The fraction of sp³-hybridized carbons (Fsp3) is 0.533. The van der Waals surface area contributed by atoms with E-state index in [-0.39, 0.29) is 5.91 Å². The zero-order chi connectivity index (χ0) is 14.5. The minimum Gasteiger partial charge on any atom is -0.339 e. The van der Waals surface area contributed by atoms with Crippen molar-refractivity contribution in [1.82, 2.24) is 10.2 Å². The van der Waals surface area contributed by atoms with Crippen molar-refractivity contribution in [1.29, 1.82) is 0 Å². The topological polar surface area (TPSA) is 32.3 Å². The minimum atomic E-state index is 0.0310. The van der Waals surface area contributed by atoms with Gasteiger partial charge in [-0.05, 0) is 57.0 Å². The lowest BCUT2D eigenvalue weighted by molar-refractivity contribution is 0.0727. The van der Waals surface area contributed by atoms with Gasteiger partial charge in [0.05, 0.1) is 10.6 Å². The molecule has 1 fully saturated rings. The number of halogens is 2. The van der Waals surface area contributed by atoms with Crippen molar-refractivity contribution in [2.45, 2.75) is 19.8 Å². The molecular formula is C15H20BrClN2O. The average Bonchev–Trinajstić information content (AvgIpc) is 2.45. The molecule has 3 nitrogen and oxygen atoms in total. The van der Waals surface area contributed by atoms with Gasteiger partial charge < -0.3 is 10.2 Å². The van der Waals surface area contributed by atoms with Crippen LogP contribution in [-0.2, 0) is 0 Å². The highest BCUT2D eigenvalue weighted by atomic mass is 79.9. The van der Waals surface area contributed by atoms with Crippen molar-refractivity contribution in [2.24, 2.45) is 5.92 Å². The number of hydrogen-bond acceptors (Lipinski definition) is 2. The molecule has 1 aromatic carbocycles. The maximum Gasteiger partial charge on any atom is 0.255 e. The summed E-state index contributed by atoms with van der Waals surface area (Å²) in [7, 11) is 0. The quantitative estimate of drug-likeness (QED) is 0.891. The van der Waals surface area contributed by atoms with E-state index in [4.69, 9.17) is 11.6 Å². The molecule has 5 heteroatoms. The largest absolute Gasteiger partial charge is 0.339 e. The van der Waals surface area contributed by atoms with Gasteiger partial charge in [0.1, 0.15) is 0 Å². The number of benzene rings is 1. The van der Waals surface area contributed by atoms with E-state index in [2.05, 4.69) is 21.2 Å². The number of amides is 1. The summed E-state index contributed by atoms with van der Waals surface area (Å²) >= 11 is 9.54. The van der Waals surface area contributed by atoms with Crippen LogP contribution in [0.1, 0.15) is 30.1 Å². The summed E-state index contributed by atoms with van der Waals surface area (Å²) < 4.78 is 0.889. The smallest absolute Gasteiger partial charge is 0.255 e. The number of hydrogen-bond donors (Lipinski definition) is 1. The van der Waals surface area contributed by atoms with E-state index in [0.29, 0.717) is 16.5 Å². The number of nitrogens with one attached hydrogen (secondary N) is 1. The number of rotatable bonds is 4. The number of carbonyl (C=O) groups excluding carboxylic acids is 1. The Kier molecular flexibility index (Phi) is 5.87. The van der Waals surface area contributed by atoms with Crippen LogP contribution in [0, 0.1) is 5.92 Å². The van der Waals surface area contributed by atoms with Crippen LogP contribution in [0.15, 0.2) is 22.7 Å². The normalized spacial score (nSPS) is 16.1. The molecule has 0 radical (unpaired) electrons. The lowest BCUT2D eigenvalue weighted by atomic mass is 9.97. The first-order valence-electron chi connectivity index (χ1n) is 7.07. The Morgan fingerprint density at radius 1 is 1.45 bits per heavy atom. The predicted octanol–water partition coefficient (Wildman–Crippen LogP) is 3.56. The van der Waals surface area contributed by atoms with Gasteiger partial charge in [-0.15, -0.1) is 0 Å². The summed E-state index contributed by atoms with van der Waals surface area (Å²) in [6, 6.07) is 5.42. The fourth-order valence-corrected chi connectivity index (χ4v) is 3.32. The van der Waals surface area contributed by atoms with Crippen molar-refractivity contribution in [3.63, 3.8) is 0 Å². The molecule has 1 saturated heterocycles. The van der Waals surface area contributed by atoms with Crippen LogP contribution in [0.25, 0.3) is 0 Å². The van der Waals surface area contributed by atoms with E-state index in [1.807, 2.05) is 17.9 Å².